The molecule has 116 valence electrons. The molecule has 0 aliphatic carbocycles. The zero-order valence-electron chi connectivity index (χ0n) is 12.6. The van der Waals surface area contributed by atoms with Gasteiger partial charge in [0.25, 0.3) is 11.6 Å². The molecule has 0 aliphatic heterocycles. The third-order valence-electron chi connectivity index (χ3n) is 3.36. The van der Waals surface area contributed by atoms with Crippen molar-refractivity contribution in [1.29, 1.82) is 0 Å². The van der Waals surface area contributed by atoms with E-state index in [0.29, 0.717) is 11.5 Å². The normalized spacial score (nSPS) is 14.5. The maximum absolute atomic E-state index is 12.7. The molecule has 0 spiro atoms. The van der Waals surface area contributed by atoms with Crippen molar-refractivity contribution in [2.45, 2.75) is 46.8 Å². The average Bonchev–Trinajstić information content (AvgIpc) is 2.70. The summed E-state index contributed by atoms with van der Waals surface area (Å²) in [5, 5.41) is 6.70. The molecule has 2 heterocycles. The van der Waals surface area contributed by atoms with Crippen LogP contribution >= 0.6 is 0 Å². The molecule has 0 amide bonds. The van der Waals surface area contributed by atoms with E-state index < -0.39 is 12.0 Å². The predicted octanol–water partition coefficient (Wildman–Crippen LogP) is 3.30. The van der Waals surface area contributed by atoms with Crippen LogP contribution < -0.4 is 5.32 Å². The van der Waals surface area contributed by atoms with Gasteiger partial charge in [0.1, 0.15) is 5.82 Å². The number of hydrogen-bond donors (Lipinski definition) is 1. The quantitative estimate of drug-likeness (QED) is 0.924. The Morgan fingerprint density at radius 2 is 1.81 bits per heavy atom. The summed E-state index contributed by atoms with van der Waals surface area (Å²) in [6, 6.07) is 1.69. The van der Waals surface area contributed by atoms with Gasteiger partial charge >= 0.3 is 6.18 Å². The average molecular weight is 301 g/mol. The molecule has 0 aliphatic rings. The number of halogens is 3. The van der Waals surface area contributed by atoms with Gasteiger partial charge in [0.2, 0.25) is 0 Å². The zero-order chi connectivity index (χ0) is 16.0. The lowest BCUT2D eigenvalue weighted by Crippen LogP contribution is -2.31. The topological polar surface area (TPSA) is 55.1 Å². The molecule has 5 nitrogen and oxygen atoms in total. The van der Waals surface area contributed by atoms with Gasteiger partial charge < -0.3 is 5.32 Å². The van der Waals surface area contributed by atoms with Crippen LogP contribution in [0.5, 0.6) is 0 Å². The number of aromatic nitrogens is 4. The van der Waals surface area contributed by atoms with Crippen molar-refractivity contribution in [2.75, 3.05) is 5.32 Å². The molecule has 1 N–H and O–H groups in total. The van der Waals surface area contributed by atoms with E-state index in [1.165, 1.54) is 0 Å². The van der Waals surface area contributed by atoms with Crippen molar-refractivity contribution >= 4 is 11.6 Å². The summed E-state index contributed by atoms with van der Waals surface area (Å²) >= 11 is 0. The van der Waals surface area contributed by atoms with Gasteiger partial charge in [0, 0.05) is 17.8 Å². The highest BCUT2D eigenvalue weighted by molar-refractivity contribution is 5.46. The molecule has 21 heavy (non-hydrogen) atoms. The standard InChI is InChI=1S/C13H18F3N5/c1-7-6-9(18-8(2)12(3,4)5)21-11(17-7)19-10(20-21)13(14,15)16/h6,8,18H,1-5H3. The van der Waals surface area contributed by atoms with Crippen LogP contribution in [0, 0.1) is 12.3 Å². The fourth-order valence-corrected chi connectivity index (χ4v) is 1.65. The number of aryl methyl sites for hydroxylation is 1. The van der Waals surface area contributed by atoms with Gasteiger partial charge in [-0.05, 0) is 19.3 Å². The number of nitrogens with zero attached hydrogens (tertiary/aromatic N) is 4. The summed E-state index contributed by atoms with van der Waals surface area (Å²) < 4.78 is 39.3. The summed E-state index contributed by atoms with van der Waals surface area (Å²) in [6.07, 6.45) is -4.59. The van der Waals surface area contributed by atoms with Crippen LogP contribution in [0.15, 0.2) is 6.07 Å². The van der Waals surface area contributed by atoms with Crippen LogP contribution in [-0.4, -0.2) is 25.6 Å². The van der Waals surface area contributed by atoms with Gasteiger partial charge in [0.15, 0.2) is 0 Å². The van der Waals surface area contributed by atoms with Crippen molar-refractivity contribution in [2.24, 2.45) is 5.41 Å². The summed E-state index contributed by atoms with van der Waals surface area (Å²) in [7, 11) is 0. The van der Waals surface area contributed by atoms with Gasteiger partial charge in [-0.15, -0.1) is 5.10 Å². The minimum Gasteiger partial charge on any atom is -0.367 e. The third kappa shape index (κ3) is 3.25. The van der Waals surface area contributed by atoms with E-state index >= 15 is 0 Å². The minimum absolute atomic E-state index is 0.0287. The van der Waals surface area contributed by atoms with E-state index in [2.05, 4.69) is 20.4 Å². The fraction of sp³-hybridized carbons (Fsp3) is 0.615. The SMILES string of the molecule is Cc1cc(NC(C)C(C)(C)C)n2nc(C(F)(F)F)nc2n1. The van der Waals surface area contributed by atoms with Crippen LogP contribution in [0.3, 0.4) is 0 Å². The second kappa shape index (κ2) is 4.85. The Balaban J connectivity index is 2.50. The molecule has 2 aromatic heterocycles. The maximum Gasteiger partial charge on any atom is 0.453 e. The highest BCUT2D eigenvalue weighted by Crippen LogP contribution is 2.28. The van der Waals surface area contributed by atoms with E-state index in [-0.39, 0.29) is 17.2 Å². The third-order valence-corrected chi connectivity index (χ3v) is 3.36. The number of rotatable bonds is 2. The summed E-state index contributed by atoms with van der Waals surface area (Å²) in [4.78, 5) is 7.44. The van der Waals surface area contributed by atoms with Gasteiger partial charge in [-0.1, -0.05) is 20.8 Å². The Labute approximate surface area is 120 Å². The van der Waals surface area contributed by atoms with Crippen LogP contribution in [0.25, 0.3) is 5.78 Å². The van der Waals surface area contributed by atoms with Gasteiger partial charge in [-0.3, -0.25) is 0 Å². The van der Waals surface area contributed by atoms with Crippen molar-refractivity contribution in [3.8, 4) is 0 Å². The van der Waals surface area contributed by atoms with Gasteiger partial charge in [-0.25, -0.2) is 4.98 Å². The van der Waals surface area contributed by atoms with Crippen LogP contribution in [0.2, 0.25) is 0 Å². The lowest BCUT2D eigenvalue weighted by molar-refractivity contribution is -0.144. The minimum atomic E-state index is -4.59. The Bertz CT molecular complexity index is 654. The second-order valence-electron chi connectivity index (χ2n) is 6.16. The van der Waals surface area contributed by atoms with Crippen molar-refractivity contribution in [3.05, 3.63) is 17.6 Å². The monoisotopic (exact) mass is 301 g/mol. The number of fused-ring (bicyclic) bond motifs is 1. The molecule has 0 aromatic carbocycles. The first-order valence-electron chi connectivity index (χ1n) is 6.56. The summed E-state index contributed by atoms with van der Waals surface area (Å²) in [5.74, 6) is -0.805. The zero-order valence-corrected chi connectivity index (χ0v) is 12.6. The van der Waals surface area contributed by atoms with Crippen molar-refractivity contribution in [1.82, 2.24) is 19.6 Å². The van der Waals surface area contributed by atoms with E-state index in [9.17, 15) is 13.2 Å². The molecule has 1 unspecified atom stereocenters. The fourth-order valence-electron chi connectivity index (χ4n) is 1.65. The summed E-state index contributed by atoms with van der Waals surface area (Å²) in [5.41, 5.74) is 0.518. The van der Waals surface area contributed by atoms with E-state index in [1.807, 2.05) is 27.7 Å². The predicted molar refractivity (Wildman–Crippen MR) is 73.1 cm³/mol. The second-order valence-corrected chi connectivity index (χ2v) is 6.16. The Kier molecular flexibility index (Phi) is 3.59. The molecular weight excluding hydrogens is 283 g/mol. The van der Waals surface area contributed by atoms with Crippen molar-refractivity contribution < 1.29 is 13.2 Å². The van der Waals surface area contributed by atoms with E-state index in [4.69, 9.17) is 0 Å². The highest BCUT2D eigenvalue weighted by atomic mass is 19.4. The molecule has 0 saturated carbocycles. The number of nitrogens with one attached hydrogen (secondary N) is 1. The highest BCUT2D eigenvalue weighted by Gasteiger charge is 2.37. The first-order chi connectivity index (χ1) is 9.48. The molecule has 2 rings (SSSR count). The number of alkyl halides is 3. The first kappa shape index (κ1) is 15.5. The maximum atomic E-state index is 12.7. The molecule has 2 aromatic rings. The number of anilines is 1. The Morgan fingerprint density at radius 1 is 1.19 bits per heavy atom. The van der Waals surface area contributed by atoms with E-state index in [0.717, 1.165) is 4.52 Å². The molecular formula is C13H18F3N5. The smallest absolute Gasteiger partial charge is 0.367 e. The van der Waals surface area contributed by atoms with Gasteiger partial charge in [0.05, 0.1) is 0 Å². The molecule has 0 bridgehead atoms. The largest absolute Gasteiger partial charge is 0.453 e. The molecule has 0 radical (unpaired) electrons. The Hall–Kier alpha value is -1.86. The van der Waals surface area contributed by atoms with E-state index in [1.54, 1.807) is 13.0 Å². The molecule has 0 fully saturated rings. The summed E-state index contributed by atoms with van der Waals surface area (Å²) in [6.45, 7) is 9.78. The van der Waals surface area contributed by atoms with Crippen molar-refractivity contribution in [3.63, 3.8) is 0 Å². The molecule has 8 heteroatoms. The first-order valence-corrected chi connectivity index (χ1v) is 6.56. The lowest BCUT2D eigenvalue weighted by atomic mass is 9.88. The molecule has 0 saturated heterocycles. The Morgan fingerprint density at radius 3 is 2.33 bits per heavy atom. The van der Waals surface area contributed by atoms with Gasteiger partial charge in [-0.2, -0.15) is 22.7 Å². The van der Waals surface area contributed by atoms with Crippen LogP contribution in [0.1, 0.15) is 39.2 Å². The van der Waals surface area contributed by atoms with Crippen LogP contribution in [0.4, 0.5) is 19.0 Å². The van der Waals surface area contributed by atoms with Crippen LogP contribution in [-0.2, 0) is 6.18 Å². The lowest BCUT2D eigenvalue weighted by Gasteiger charge is -2.29. The number of hydrogen-bond acceptors (Lipinski definition) is 4. The molecule has 1 atom stereocenters.